The van der Waals surface area contributed by atoms with Crippen LogP contribution < -0.4 is 15.5 Å². The standard InChI is InChI=1S/C22H23FN8O/c1-12-8-30(9-13(2)27-12)17-7-26-20(19-18(17)24-4-5-25-19)22(32)29-15-6-16(23)21-28-14(3)10-31(21)11-15/h4-7,10-13,27H,8-9H2,1-3H3,(H,29,32)/t12-,13-/m0/s1. The summed E-state index contributed by atoms with van der Waals surface area (Å²) in [4.78, 5) is 32.7. The lowest BCUT2D eigenvalue weighted by Crippen LogP contribution is -2.54. The van der Waals surface area contributed by atoms with Crippen LogP contribution in [0.4, 0.5) is 15.8 Å². The molecule has 0 spiro atoms. The van der Waals surface area contributed by atoms with E-state index < -0.39 is 11.7 Å². The number of anilines is 2. The number of hydrogen-bond acceptors (Lipinski definition) is 7. The van der Waals surface area contributed by atoms with Gasteiger partial charge in [0, 0.05) is 56.0 Å². The topological polar surface area (TPSA) is 100 Å². The largest absolute Gasteiger partial charge is 0.365 e. The van der Waals surface area contributed by atoms with E-state index in [0.29, 0.717) is 34.5 Å². The van der Waals surface area contributed by atoms with Gasteiger partial charge in [0.1, 0.15) is 11.0 Å². The van der Waals surface area contributed by atoms with E-state index in [2.05, 4.69) is 49.3 Å². The van der Waals surface area contributed by atoms with Crippen LogP contribution in [0.1, 0.15) is 30.0 Å². The number of nitrogens with one attached hydrogen (secondary N) is 2. The zero-order valence-corrected chi connectivity index (χ0v) is 18.0. The highest BCUT2D eigenvalue weighted by atomic mass is 19.1. The Balaban J connectivity index is 1.50. The number of aromatic nitrogens is 5. The molecular weight excluding hydrogens is 411 g/mol. The van der Waals surface area contributed by atoms with Crippen molar-refractivity contribution >= 4 is 34.0 Å². The maximum atomic E-state index is 14.4. The summed E-state index contributed by atoms with van der Waals surface area (Å²) in [6.45, 7) is 7.63. The monoisotopic (exact) mass is 434 g/mol. The predicted molar refractivity (Wildman–Crippen MR) is 119 cm³/mol. The van der Waals surface area contributed by atoms with Crippen LogP contribution in [-0.4, -0.2) is 55.4 Å². The predicted octanol–water partition coefficient (Wildman–Crippen LogP) is 2.56. The van der Waals surface area contributed by atoms with Crippen LogP contribution in [0.3, 0.4) is 0 Å². The molecule has 0 unspecified atom stereocenters. The fourth-order valence-electron chi connectivity index (χ4n) is 4.31. The molecule has 1 aliphatic rings. The molecule has 10 heteroatoms. The Morgan fingerprint density at radius 1 is 1.12 bits per heavy atom. The van der Waals surface area contributed by atoms with Gasteiger partial charge in [0.15, 0.2) is 17.2 Å². The third-order valence-electron chi connectivity index (χ3n) is 5.48. The first-order valence-electron chi connectivity index (χ1n) is 10.5. The highest BCUT2D eigenvalue weighted by Gasteiger charge is 2.25. The van der Waals surface area contributed by atoms with Crippen molar-refractivity contribution in [3.63, 3.8) is 0 Å². The molecular formula is C22H23FN8O. The third kappa shape index (κ3) is 3.62. The number of amides is 1. The Labute approximate surface area is 183 Å². The summed E-state index contributed by atoms with van der Waals surface area (Å²) in [7, 11) is 0. The minimum absolute atomic E-state index is 0.135. The minimum Gasteiger partial charge on any atom is -0.365 e. The summed E-state index contributed by atoms with van der Waals surface area (Å²) in [5, 5.41) is 6.23. The number of carbonyl (C=O) groups is 1. The van der Waals surface area contributed by atoms with E-state index >= 15 is 0 Å². The summed E-state index contributed by atoms with van der Waals surface area (Å²) >= 11 is 0. The molecule has 0 aromatic carbocycles. The quantitative estimate of drug-likeness (QED) is 0.511. The maximum Gasteiger partial charge on any atom is 0.276 e. The van der Waals surface area contributed by atoms with Crippen LogP contribution in [0, 0.1) is 12.7 Å². The first-order chi connectivity index (χ1) is 15.4. The zero-order valence-electron chi connectivity index (χ0n) is 18.0. The fraction of sp³-hybridized carbons (Fsp3) is 0.318. The van der Waals surface area contributed by atoms with Gasteiger partial charge in [0.25, 0.3) is 5.91 Å². The van der Waals surface area contributed by atoms with E-state index in [-0.39, 0.29) is 11.3 Å². The average molecular weight is 434 g/mol. The first kappa shape index (κ1) is 20.3. The molecule has 1 saturated heterocycles. The van der Waals surface area contributed by atoms with E-state index in [1.165, 1.54) is 12.3 Å². The molecule has 0 radical (unpaired) electrons. The van der Waals surface area contributed by atoms with E-state index in [1.807, 2.05) is 0 Å². The number of hydrogen-bond donors (Lipinski definition) is 2. The van der Waals surface area contributed by atoms with E-state index in [9.17, 15) is 9.18 Å². The van der Waals surface area contributed by atoms with Gasteiger partial charge in [-0.3, -0.25) is 14.8 Å². The van der Waals surface area contributed by atoms with Gasteiger partial charge in [-0.15, -0.1) is 0 Å². The minimum atomic E-state index is -0.522. The van der Waals surface area contributed by atoms with E-state index in [0.717, 1.165) is 18.8 Å². The highest BCUT2D eigenvalue weighted by Crippen LogP contribution is 2.27. The molecule has 32 heavy (non-hydrogen) atoms. The Kier molecular flexibility index (Phi) is 4.93. The second-order valence-electron chi connectivity index (χ2n) is 8.26. The molecule has 5 heterocycles. The van der Waals surface area contributed by atoms with Crippen molar-refractivity contribution in [1.82, 2.24) is 29.7 Å². The molecule has 0 bridgehead atoms. The molecule has 164 valence electrons. The summed E-state index contributed by atoms with van der Waals surface area (Å²) in [6, 6.07) is 1.86. The lowest BCUT2D eigenvalue weighted by Gasteiger charge is -2.37. The van der Waals surface area contributed by atoms with Crippen molar-refractivity contribution < 1.29 is 9.18 Å². The normalized spacial score (nSPS) is 18.9. The molecule has 1 aliphatic heterocycles. The molecule has 2 N–H and O–H groups in total. The number of halogens is 1. The van der Waals surface area contributed by atoms with Crippen molar-refractivity contribution in [2.24, 2.45) is 0 Å². The van der Waals surface area contributed by atoms with Gasteiger partial charge in [-0.2, -0.15) is 0 Å². The Morgan fingerprint density at radius 3 is 2.59 bits per heavy atom. The third-order valence-corrected chi connectivity index (χ3v) is 5.48. The molecule has 9 nitrogen and oxygen atoms in total. The van der Waals surface area contributed by atoms with Crippen LogP contribution in [0.2, 0.25) is 0 Å². The van der Waals surface area contributed by atoms with Crippen LogP contribution >= 0.6 is 0 Å². The lowest BCUT2D eigenvalue weighted by molar-refractivity contribution is 0.102. The molecule has 0 saturated carbocycles. The molecule has 2 atom stereocenters. The van der Waals surface area contributed by atoms with Crippen molar-refractivity contribution in [1.29, 1.82) is 0 Å². The number of imidazole rings is 1. The zero-order chi connectivity index (χ0) is 22.4. The van der Waals surface area contributed by atoms with Gasteiger partial charge in [0.2, 0.25) is 0 Å². The van der Waals surface area contributed by atoms with E-state index in [1.54, 1.807) is 36.1 Å². The number of piperazine rings is 1. The number of nitrogens with zero attached hydrogens (tertiary/aromatic N) is 6. The van der Waals surface area contributed by atoms with Gasteiger partial charge in [0.05, 0.1) is 23.3 Å². The second-order valence-corrected chi connectivity index (χ2v) is 8.26. The van der Waals surface area contributed by atoms with Crippen molar-refractivity contribution in [2.75, 3.05) is 23.3 Å². The molecule has 0 aliphatic carbocycles. The fourth-order valence-corrected chi connectivity index (χ4v) is 4.31. The smallest absolute Gasteiger partial charge is 0.276 e. The summed E-state index contributed by atoms with van der Waals surface area (Å²) in [5.74, 6) is -1.01. The molecule has 4 aromatic heterocycles. The Morgan fingerprint density at radius 2 is 1.84 bits per heavy atom. The van der Waals surface area contributed by atoms with Gasteiger partial charge >= 0.3 is 0 Å². The van der Waals surface area contributed by atoms with Crippen LogP contribution in [0.25, 0.3) is 16.7 Å². The number of pyridine rings is 2. The van der Waals surface area contributed by atoms with Gasteiger partial charge in [-0.1, -0.05) is 0 Å². The van der Waals surface area contributed by atoms with Gasteiger partial charge in [-0.05, 0) is 20.8 Å². The van der Waals surface area contributed by atoms with Crippen molar-refractivity contribution in [2.45, 2.75) is 32.9 Å². The number of fused-ring (bicyclic) bond motifs is 2. The summed E-state index contributed by atoms with van der Waals surface area (Å²) in [5.41, 5.74) is 3.18. The van der Waals surface area contributed by atoms with Crippen molar-refractivity contribution in [3.05, 3.63) is 54.3 Å². The molecule has 5 rings (SSSR count). The van der Waals surface area contributed by atoms with Crippen LogP contribution in [0.15, 0.2) is 37.1 Å². The van der Waals surface area contributed by atoms with Gasteiger partial charge in [-0.25, -0.2) is 14.4 Å². The second kappa shape index (κ2) is 7.79. The van der Waals surface area contributed by atoms with Crippen LogP contribution in [0.5, 0.6) is 0 Å². The number of aryl methyl sites for hydroxylation is 1. The number of carbonyl (C=O) groups excluding carboxylic acids is 1. The Hall–Kier alpha value is -3.66. The molecule has 1 fully saturated rings. The first-order valence-corrected chi connectivity index (χ1v) is 10.5. The van der Waals surface area contributed by atoms with E-state index in [4.69, 9.17) is 0 Å². The number of rotatable bonds is 3. The maximum absolute atomic E-state index is 14.4. The average Bonchev–Trinajstić information content (AvgIpc) is 3.13. The molecule has 1 amide bonds. The summed E-state index contributed by atoms with van der Waals surface area (Å²) < 4.78 is 15.9. The highest BCUT2D eigenvalue weighted by molar-refractivity contribution is 6.11. The van der Waals surface area contributed by atoms with Crippen LogP contribution in [-0.2, 0) is 0 Å². The molecule has 4 aromatic rings. The summed E-state index contributed by atoms with van der Waals surface area (Å²) in [6.07, 6.45) is 8.11. The van der Waals surface area contributed by atoms with Crippen molar-refractivity contribution in [3.8, 4) is 0 Å². The van der Waals surface area contributed by atoms with Gasteiger partial charge < -0.3 is 19.9 Å². The lowest BCUT2D eigenvalue weighted by atomic mass is 10.1. The SMILES string of the molecule is Cc1cn2cc(NC(=O)c3ncc(N4C[C@H](C)N[C@@H](C)C4)c4nccnc34)cc(F)c2n1. The Bertz CT molecular complexity index is 1330.